The van der Waals surface area contributed by atoms with E-state index in [0.29, 0.717) is 26.4 Å². The van der Waals surface area contributed by atoms with Gasteiger partial charge < -0.3 is 19.0 Å². The SMILES string of the molecule is CCCCCCCCCCC[Si](OCC)(OCC)OCCN. The van der Waals surface area contributed by atoms with E-state index in [1.165, 1.54) is 51.4 Å². The zero-order chi connectivity index (χ0) is 16.5. The summed E-state index contributed by atoms with van der Waals surface area (Å²) in [6, 6.07) is 0.921. The summed E-state index contributed by atoms with van der Waals surface area (Å²) in [5, 5.41) is 0. The van der Waals surface area contributed by atoms with Gasteiger partial charge in [0.1, 0.15) is 0 Å². The molecule has 0 heterocycles. The van der Waals surface area contributed by atoms with Crippen molar-refractivity contribution in [3.8, 4) is 0 Å². The van der Waals surface area contributed by atoms with Gasteiger partial charge in [-0.15, -0.1) is 0 Å². The Bertz CT molecular complexity index is 224. The first-order valence-electron chi connectivity index (χ1n) is 9.36. The Balaban J connectivity index is 3.86. The highest BCUT2D eigenvalue weighted by Gasteiger charge is 2.39. The van der Waals surface area contributed by atoms with Crippen LogP contribution in [0.5, 0.6) is 0 Å². The van der Waals surface area contributed by atoms with E-state index in [0.717, 1.165) is 12.5 Å². The fraction of sp³-hybridized carbons (Fsp3) is 1.00. The molecule has 0 spiro atoms. The highest BCUT2D eigenvalue weighted by molar-refractivity contribution is 6.60. The van der Waals surface area contributed by atoms with E-state index in [-0.39, 0.29) is 0 Å². The molecular weight excluding hydrogens is 294 g/mol. The van der Waals surface area contributed by atoms with Crippen molar-refractivity contribution in [2.24, 2.45) is 5.73 Å². The second kappa shape index (κ2) is 15.9. The molecule has 0 fully saturated rings. The summed E-state index contributed by atoms with van der Waals surface area (Å²) in [6.07, 6.45) is 11.9. The monoisotopic (exact) mass is 333 g/mol. The summed E-state index contributed by atoms with van der Waals surface area (Å²) in [7, 11) is -2.48. The summed E-state index contributed by atoms with van der Waals surface area (Å²) in [5.41, 5.74) is 5.56. The lowest BCUT2D eigenvalue weighted by Gasteiger charge is -2.28. The molecule has 0 radical (unpaired) electrons. The fourth-order valence-electron chi connectivity index (χ4n) is 2.65. The second-order valence-corrected chi connectivity index (χ2v) is 8.50. The van der Waals surface area contributed by atoms with E-state index in [1.807, 2.05) is 13.8 Å². The highest BCUT2D eigenvalue weighted by atomic mass is 28.4. The normalized spacial score (nSPS) is 12.0. The van der Waals surface area contributed by atoms with Crippen LogP contribution in [0.3, 0.4) is 0 Å². The standard InChI is InChI=1S/C17H39NO3Si/c1-4-7-8-9-10-11-12-13-14-17-22(19-5-2,20-6-3)21-16-15-18/h4-18H2,1-3H3. The molecule has 0 aliphatic heterocycles. The van der Waals surface area contributed by atoms with Crippen molar-refractivity contribution in [2.75, 3.05) is 26.4 Å². The van der Waals surface area contributed by atoms with Crippen LogP contribution in [0.2, 0.25) is 6.04 Å². The van der Waals surface area contributed by atoms with Crippen molar-refractivity contribution in [3.05, 3.63) is 0 Å². The number of hydrogen-bond donors (Lipinski definition) is 1. The van der Waals surface area contributed by atoms with Crippen LogP contribution in [0.25, 0.3) is 0 Å². The lowest BCUT2D eigenvalue weighted by Crippen LogP contribution is -2.46. The Hall–Kier alpha value is 0.0569. The summed E-state index contributed by atoms with van der Waals surface area (Å²) in [5.74, 6) is 0. The van der Waals surface area contributed by atoms with Crippen LogP contribution in [-0.4, -0.2) is 35.2 Å². The first-order chi connectivity index (χ1) is 10.7. The van der Waals surface area contributed by atoms with Crippen LogP contribution < -0.4 is 5.73 Å². The van der Waals surface area contributed by atoms with Gasteiger partial charge in [-0.1, -0.05) is 58.3 Å². The predicted molar refractivity (Wildman–Crippen MR) is 96.0 cm³/mol. The second-order valence-electron chi connectivity index (χ2n) is 5.76. The Kier molecular flexibility index (Phi) is 16.0. The third kappa shape index (κ3) is 11.6. The molecule has 2 N–H and O–H groups in total. The van der Waals surface area contributed by atoms with Gasteiger partial charge in [0.2, 0.25) is 0 Å². The molecule has 0 aromatic rings. The molecule has 22 heavy (non-hydrogen) atoms. The molecule has 0 unspecified atom stereocenters. The zero-order valence-corrected chi connectivity index (χ0v) is 16.2. The Labute approximate surface area is 139 Å². The van der Waals surface area contributed by atoms with E-state index in [9.17, 15) is 0 Å². The van der Waals surface area contributed by atoms with Gasteiger partial charge in [-0.3, -0.25) is 0 Å². The molecule has 0 aromatic carbocycles. The van der Waals surface area contributed by atoms with Gasteiger partial charge in [-0.05, 0) is 20.3 Å². The van der Waals surface area contributed by atoms with Crippen LogP contribution in [-0.2, 0) is 13.3 Å². The van der Waals surface area contributed by atoms with Crippen LogP contribution in [0.1, 0.15) is 78.6 Å². The molecular formula is C17H39NO3Si. The van der Waals surface area contributed by atoms with Gasteiger partial charge in [0.05, 0.1) is 6.61 Å². The average molecular weight is 334 g/mol. The van der Waals surface area contributed by atoms with E-state index in [1.54, 1.807) is 0 Å². The molecule has 0 saturated carbocycles. The van der Waals surface area contributed by atoms with E-state index in [4.69, 9.17) is 19.0 Å². The largest absolute Gasteiger partial charge is 0.500 e. The molecule has 0 aromatic heterocycles. The van der Waals surface area contributed by atoms with Crippen LogP contribution >= 0.6 is 0 Å². The van der Waals surface area contributed by atoms with Crippen molar-refractivity contribution in [1.29, 1.82) is 0 Å². The number of nitrogens with two attached hydrogens (primary N) is 1. The Morgan fingerprint density at radius 2 is 1.18 bits per heavy atom. The minimum atomic E-state index is -2.48. The first-order valence-corrected chi connectivity index (χ1v) is 11.3. The van der Waals surface area contributed by atoms with Crippen molar-refractivity contribution in [3.63, 3.8) is 0 Å². The lowest BCUT2D eigenvalue weighted by atomic mass is 10.1. The topological polar surface area (TPSA) is 53.7 Å². The molecule has 0 bridgehead atoms. The quantitative estimate of drug-likeness (QED) is 0.314. The summed E-state index contributed by atoms with van der Waals surface area (Å²) < 4.78 is 17.7. The van der Waals surface area contributed by atoms with Crippen LogP contribution in [0, 0.1) is 0 Å². The molecule has 5 heteroatoms. The third-order valence-corrected chi connectivity index (χ3v) is 6.82. The highest BCUT2D eigenvalue weighted by Crippen LogP contribution is 2.20. The third-order valence-electron chi connectivity index (χ3n) is 3.75. The van der Waals surface area contributed by atoms with E-state index < -0.39 is 8.80 Å². The van der Waals surface area contributed by atoms with Crippen molar-refractivity contribution in [2.45, 2.75) is 84.6 Å². The minimum Gasteiger partial charge on any atom is -0.374 e. The molecule has 4 nitrogen and oxygen atoms in total. The smallest absolute Gasteiger partial charge is 0.374 e. The number of rotatable bonds is 17. The summed E-state index contributed by atoms with van der Waals surface area (Å²) in [4.78, 5) is 0. The van der Waals surface area contributed by atoms with Gasteiger partial charge in [0.25, 0.3) is 0 Å². The molecule has 0 aliphatic rings. The van der Waals surface area contributed by atoms with Gasteiger partial charge >= 0.3 is 8.80 Å². The molecule has 0 aliphatic carbocycles. The zero-order valence-electron chi connectivity index (χ0n) is 15.2. The summed E-state index contributed by atoms with van der Waals surface area (Å²) >= 11 is 0. The van der Waals surface area contributed by atoms with E-state index >= 15 is 0 Å². The number of unbranched alkanes of at least 4 members (excludes halogenated alkanes) is 8. The molecule has 0 atom stereocenters. The molecule has 0 amide bonds. The first kappa shape index (κ1) is 22.1. The van der Waals surface area contributed by atoms with Crippen molar-refractivity contribution < 1.29 is 13.3 Å². The maximum atomic E-state index is 5.90. The van der Waals surface area contributed by atoms with Gasteiger partial charge in [0.15, 0.2) is 0 Å². The van der Waals surface area contributed by atoms with Crippen molar-refractivity contribution >= 4 is 8.80 Å². The minimum absolute atomic E-state index is 0.520. The molecule has 134 valence electrons. The van der Waals surface area contributed by atoms with Crippen molar-refractivity contribution in [1.82, 2.24) is 0 Å². The number of hydrogen-bond acceptors (Lipinski definition) is 4. The maximum Gasteiger partial charge on any atom is 0.500 e. The van der Waals surface area contributed by atoms with Crippen LogP contribution in [0.15, 0.2) is 0 Å². The van der Waals surface area contributed by atoms with E-state index in [2.05, 4.69) is 6.92 Å². The van der Waals surface area contributed by atoms with Gasteiger partial charge in [-0.2, -0.15) is 0 Å². The van der Waals surface area contributed by atoms with Gasteiger partial charge in [-0.25, -0.2) is 0 Å². The Morgan fingerprint density at radius 3 is 1.64 bits per heavy atom. The average Bonchev–Trinajstić information content (AvgIpc) is 2.52. The van der Waals surface area contributed by atoms with Gasteiger partial charge in [0, 0.05) is 25.8 Å². The lowest BCUT2D eigenvalue weighted by molar-refractivity contribution is 0.0687. The summed E-state index contributed by atoms with van der Waals surface area (Å²) in [6.45, 7) is 8.62. The molecule has 0 rings (SSSR count). The molecule has 0 saturated heterocycles. The maximum absolute atomic E-state index is 5.90. The van der Waals surface area contributed by atoms with Crippen LogP contribution in [0.4, 0.5) is 0 Å². The fourth-order valence-corrected chi connectivity index (χ4v) is 5.32. The predicted octanol–water partition coefficient (Wildman–Crippen LogP) is 4.50. The Morgan fingerprint density at radius 1 is 0.682 bits per heavy atom.